The van der Waals surface area contributed by atoms with Crippen LogP contribution in [0.15, 0.2) is 109 Å². The van der Waals surface area contributed by atoms with E-state index in [9.17, 15) is 9.59 Å². The van der Waals surface area contributed by atoms with Gasteiger partial charge in [-0.15, -0.1) is 0 Å². The number of hydrogen-bond donors (Lipinski definition) is 0. The smallest absolute Gasteiger partial charge is 0.337 e. The molecule has 0 bridgehead atoms. The molecule has 0 aromatic heterocycles. The van der Waals surface area contributed by atoms with E-state index in [0.29, 0.717) is 31.7 Å². The molecular weight excluding hydrogens is 550 g/mol. The number of nitrogens with zero attached hydrogens (tertiary/aromatic N) is 1. The van der Waals surface area contributed by atoms with Gasteiger partial charge in [-0.05, 0) is 72.2 Å². The number of rotatable bonds is 17. The van der Waals surface area contributed by atoms with Gasteiger partial charge in [-0.3, -0.25) is 9.69 Å². The fourth-order valence-corrected chi connectivity index (χ4v) is 5.15. The van der Waals surface area contributed by atoms with E-state index >= 15 is 0 Å². The zero-order valence-corrected chi connectivity index (χ0v) is 25.8. The molecule has 1 atom stereocenters. The Labute approximate surface area is 261 Å². The van der Waals surface area contributed by atoms with Crippen molar-refractivity contribution in [2.24, 2.45) is 0 Å². The summed E-state index contributed by atoms with van der Waals surface area (Å²) in [4.78, 5) is 25.9. The van der Waals surface area contributed by atoms with Crippen LogP contribution in [0.5, 0.6) is 0 Å². The molecule has 0 aliphatic carbocycles. The molecule has 0 radical (unpaired) electrons. The molecule has 0 amide bonds. The van der Waals surface area contributed by atoms with Crippen molar-refractivity contribution in [1.29, 1.82) is 0 Å². The Balaban J connectivity index is 1.42. The van der Waals surface area contributed by atoms with Crippen LogP contribution in [0.25, 0.3) is 0 Å². The van der Waals surface area contributed by atoms with Crippen molar-refractivity contribution in [3.8, 4) is 0 Å². The van der Waals surface area contributed by atoms with Crippen LogP contribution >= 0.6 is 0 Å². The first-order valence-electron chi connectivity index (χ1n) is 15.3. The predicted octanol–water partition coefficient (Wildman–Crippen LogP) is 7.36. The lowest BCUT2D eigenvalue weighted by atomic mass is 10.0. The SMILES string of the molecule is COC(=O)CCCCN(Cc1ccc(C(=O)OC)cc1)CC(OCc1ccc(CCc2ccccc2)cc1)c1ccccc1. The summed E-state index contributed by atoms with van der Waals surface area (Å²) in [6.45, 7) is 2.65. The number of carbonyl (C=O) groups excluding carboxylic acids is 2. The summed E-state index contributed by atoms with van der Waals surface area (Å²) in [6.07, 6.45) is 3.87. The molecule has 0 aliphatic rings. The maximum atomic E-state index is 11.9. The molecule has 4 rings (SSSR count). The van der Waals surface area contributed by atoms with E-state index in [4.69, 9.17) is 14.2 Å². The van der Waals surface area contributed by atoms with E-state index in [1.54, 1.807) is 12.1 Å². The molecule has 4 aromatic rings. The topological polar surface area (TPSA) is 65.1 Å². The fourth-order valence-electron chi connectivity index (χ4n) is 5.15. The van der Waals surface area contributed by atoms with E-state index in [2.05, 4.69) is 71.6 Å². The van der Waals surface area contributed by atoms with Crippen molar-refractivity contribution in [2.75, 3.05) is 27.3 Å². The Morgan fingerprint density at radius 1 is 0.659 bits per heavy atom. The lowest BCUT2D eigenvalue weighted by molar-refractivity contribution is -0.140. The number of methoxy groups -OCH3 is 2. The van der Waals surface area contributed by atoms with Crippen LogP contribution in [-0.2, 0) is 45.0 Å². The van der Waals surface area contributed by atoms with Gasteiger partial charge in [-0.2, -0.15) is 0 Å². The minimum Gasteiger partial charge on any atom is -0.469 e. The van der Waals surface area contributed by atoms with Crippen molar-refractivity contribution in [2.45, 2.75) is 51.4 Å². The number of unbranched alkanes of at least 4 members (excludes halogenated alkanes) is 1. The average Bonchev–Trinajstić information content (AvgIpc) is 3.08. The molecule has 230 valence electrons. The maximum Gasteiger partial charge on any atom is 0.337 e. The normalized spacial score (nSPS) is 11.7. The van der Waals surface area contributed by atoms with Crippen molar-refractivity contribution < 1.29 is 23.8 Å². The van der Waals surface area contributed by atoms with Crippen LogP contribution in [0, 0.1) is 0 Å². The minimum atomic E-state index is -0.349. The third-order valence-corrected chi connectivity index (χ3v) is 7.73. The molecule has 44 heavy (non-hydrogen) atoms. The van der Waals surface area contributed by atoms with Gasteiger partial charge < -0.3 is 14.2 Å². The third kappa shape index (κ3) is 10.8. The van der Waals surface area contributed by atoms with Crippen LogP contribution in [0.1, 0.15) is 63.5 Å². The van der Waals surface area contributed by atoms with Gasteiger partial charge in [0.05, 0.1) is 32.5 Å². The number of ether oxygens (including phenoxy) is 3. The van der Waals surface area contributed by atoms with Crippen molar-refractivity contribution in [3.05, 3.63) is 143 Å². The van der Waals surface area contributed by atoms with Crippen molar-refractivity contribution in [1.82, 2.24) is 4.90 Å². The first-order chi connectivity index (χ1) is 21.5. The summed E-state index contributed by atoms with van der Waals surface area (Å²) in [5.74, 6) is -0.537. The first kappa shape index (κ1) is 32.6. The largest absolute Gasteiger partial charge is 0.469 e. The van der Waals surface area contributed by atoms with Gasteiger partial charge in [0.2, 0.25) is 0 Å². The summed E-state index contributed by atoms with van der Waals surface area (Å²) in [5.41, 5.74) is 6.53. The Morgan fingerprint density at radius 2 is 1.25 bits per heavy atom. The van der Waals surface area contributed by atoms with Gasteiger partial charge in [0.15, 0.2) is 0 Å². The molecule has 0 fully saturated rings. The number of aryl methyl sites for hydroxylation is 2. The molecule has 0 N–H and O–H groups in total. The van der Waals surface area contributed by atoms with E-state index < -0.39 is 0 Å². The molecule has 6 nitrogen and oxygen atoms in total. The Bertz CT molecular complexity index is 1410. The van der Waals surface area contributed by atoms with E-state index in [1.807, 2.05) is 30.3 Å². The second kappa shape index (κ2) is 17.8. The number of hydrogen-bond acceptors (Lipinski definition) is 6. The molecule has 4 aromatic carbocycles. The second-order valence-electron chi connectivity index (χ2n) is 11.0. The highest BCUT2D eigenvalue weighted by atomic mass is 16.5. The standard InChI is InChI=1S/C38H43NO5/c1-42-37(40)15-9-10-26-39(27-32-22-24-35(25-23-32)38(41)43-2)28-36(34-13-7-4-8-14-34)44-29-33-20-18-31(19-21-33)17-16-30-11-5-3-6-12-30/h3-8,11-14,18-25,36H,9-10,15-17,26-29H2,1-2H3. The maximum absolute atomic E-state index is 11.9. The Kier molecular flexibility index (Phi) is 13.2. The molecular formula is C38H43NO5. The van der Waals surface area contributed by atoms with Gasteiger partial charge in [-0.1, -0.05) is 97.1 Å². The Hall–Kier alpha value is -4.26. The van der Waals surface area contributed by atoms with Crippen molar-refractivity contribution in [3.63, 3.8) is 0 Å². The molecule has 0 saturated carbocycles. The first-order valence-corrected chi connectivity index (χ1v) is 15.3. The molecule has 0 heterocycles. The summed E-state index contributed by atoms with van der Waals surface area (Å²) >= 11 is 0. The average molecular weight is 594 g/mol. The third-order valence-electron chi connectivity index (χ3n) is 7.73. The lowest BCUT2D eigenvalue weighted by Gasteiger charge is -2.28. The van der Waals surface area contributed by atoms with Gasteiger partial charge in [0, 0.05) is 19.5 Å². The highest BCUT2D eigenvalue weighted by Gasteiger charge is 2.18. The highest BCUT2D eigenvalue weighted by molar-refractivity contribution is 5.89. The van der Waals surface area contributed by atoms with Gasteiger partial charge in [0.1, 0.15) is 0 Å². The predicted molar refractivity (Wildman–Crippen MR) is 173 cm³/mol. The number of carbonyl (C=O) groups is 2. The zero-order valence-electron chi connectivity index (χ0n) is 25.8. The quantitative estimate of drug-likeness (QED) is 0.0942. The zero-order chi connectivity index (χ0) is 31.0. The van der Waals surface area contributed by atoms with Crippen molar-refractivity contribution >= 4 is 11.9 Å². The molecule has 1 unspecified atom stereocenters. The van der Waals surface area contributed by atoms with Gasteiger partial charge in [0.25, 0.3) is 0 Å². The molecule has 6 heteroatoms. The number of esters is 2. The molecule has 0 spiro atoms. The molecule has 0 saturated heterocycles. The van der Waals surface area contributed by atoms with Crippen LogP contribution in [0.4, 0.5) is 0 Å². The minimum absolute atomic E-state index is 0.149. The second-order valence-corrected chi connectivity index (χ2v) is 11.0. The van der Waals surface area contributed by atoms with E-state index in [-0.39, 0.29) is 18.0 Å². The van der Waals surface area contributed by atoms with Gasteiger partial charge >= 0.3 is 11.9 Å². The van der Waals surface area contributed by atoms with Crippen LogP contribution < -0.4 is 0 Å². The Morgan fingerprint density at radius 3 is 1.89 bits per heavy atom. The van der Waals surface area contributed by atoms with Crippen LogP contribution in [0.3, 0.4) is 0 Å². The summed E-state index contributed by atoms with van der Waals surface area (Å²) < 4.78 is 16.3. The highest BCUT2D eigenvalue weighted by Crippen LogP contribution is 2.23. The van der Waals surface area contributed by atoms with E-state index in [0.717, 1.165) is 48.9 Å². The van der Waals surface area contributed by atoms with E-state index in [1.165, 1.54) is 25.3 Å². The molecule has 0 aliphatic heterocycles. The summed E-state index contributed by atoms with van der Waals surface area (Å²) in [5, 5.41) is 0. The van der Waals surface area contributed by atoms with Crippen LogP contribution in [0.2, 0.25) is 0 Å². The lowest BCUT2D eigenvalue weighted by Crippen LogP contribution is -2.30. The summed E-state index contributed by atoms with van der Waals surface area (Å²) in [7, 11) is 2.81. The van der Waals surface area contributed by atoms with Gasteiger partial charge in [-0.25, -0.2) is 4.79 Å². The summed E-state index contributed by atoms with van der Waals surface area (Å²) in [6, 6.07) is 37.1. The monoisotopic (exact) mass is 593 g/mol. The number of benzene rings is 4. The fraction of sp³-hybridized carbons (Fsp3) is 0.316. The van der Waals surface area contributed by atoms with Crippen LogP contribution in [-0.4, -0.2) is 44.1 Å².